The Morgan fingerprint density at radius 3 is 2.07 bits per heavy atom. The van der Waals surface area contributed by atoms with Crippen LogP contribution in [0.4, 0.5) is 5.69 Å². The van der Waals surface area contributed by atoms with E-state index < -0.39 is 20.5 Å². The summed E-state index contributed by atoms with van der Waals surface area (Å²) < 4.78 is 25.0. The molecule has 6 nitrogen and oxygen atoms in total. The number of sulfone groups is 1. The highest BCUT2D eigenvalue weighted by atomic mass is 32.2. The average Bonchev–Trinajstić information content (AvgIpc) is 3.20. The maximum absolute atomic E-state index is 13.3. The van der Waals surface area contributed by atoms with E-state index in [1.54, 1.807) is 42.5 Å². The summed E-state index contributed by atoms with van der Waals surface area (Å²) in [6.45, 7) is 0. The summed E-state index contributed by atoms with van der Waals surface area (Å²) in [5.74, 6) is -0.747. The number of amides is 2. The molecule has 142 valence electrons. The third-order valence-electron chi connectivity index (χ3n) is 5.02. The second kappa shape index (κ2) is 7.52. The van der Waals surface area contributed by atoms with E-state index in [-0.39, 0.29) is 10.8 Å². The van der Waals surface area contributed by atoms with Crippen LogP contribution < -0.4 is 10.6 Å². The van der Waals surface area contributed by atoms with Gasteiger partial charge in [0.2, 0.25) is 5.91 Å². The van der Waals surface area contributed by atoms with Crippen molar-refractivity contribution in [3.8, 4) is 0 Å². The summed E-state index contributed by atoms with van der Waals surface area (Å²) >= 11 is 0. The lowest BCUT2D eigenvalue weighted by Crippen LogP contribution is -2.47. The summed E-state index contributed by atoms with van der Waals surface area (Å²) in [7, 11) is -2.28. The van der Waals surface area contributed by atoms with Gasteiger partial charge >= 0.3 is 0 Å². The van der Waals surface area contributed by atoms with Gasteiger partial charge in [-0.3, -0.25) is 9.59 Å². The Morgan fingerprint density at radius 1 is 0.926 bits per heavy atom. The van der Waals surface area contributed by atoms with Crippen molar-refractivity contribution in [3.05, 3.63) is 60.2 Å². The van der Waals surface area contributed by atoms with Crippen molar-refractivity contribution in [1.29, 1.82) is 0 Å². The molecule has 1 fully saturated rings. The van der Waals surface area contributed by atoms with Crippen LogP contribution in [0.1, 0.15) is 36.0 Å². The van der Waals surface area contributed by atoms with Crippen molar-refractivity contribution in [1.82, 2.24) is 5.32 Å². The standard InChI is InChI=1S/C20H22N2O4S/c1-21-18(23)15-9-11-16(12-10-15)22-19(24)20(13-5-6-14-20)27(25,26)17-7-3-2-4-8-17/h2-4,7-12H,5-6,13-14H2,1H3,(H,21,23)(H,22,24). The van der Waals surface area contributed by atoms with Crippen molar-refractivity contribution < 1.29 is 18.0 Å². The number of rotatable bonds is 5. The number of hydrogen-bond donors (Lipinski definition) is 2. The van der Waals surface area contributed by atoms with E-state index in [0.717, 1.165) is 0 Å². The lowest BCUT2D eigenvalue weighted by atomic mass is 10.1. The van der Waals surface area contributed by atoms with Crippen molar-refractivity contribution in [2.45, 2.75) is 35.3 Å². The van der Waals surface area contributed by atoms with Crippen molar-refractivity contribution in [3.63, 3.8) is 0 Å². The first-order valence-corrected chi connectivity index (χ1v) is 10.3. The maximum Gasteiger partial charge on any atom is 0.251 e. The molecule has 0 spiro atoms. The van der Waals surface area contributed by atoms with Gasteiger partial charge in [-0.1, -0.05) is 31.0 Å². The Balaban J connectivity index is 1.89. The zero-order valence-corrected chi connectivity index (χ0v) is 15.9. The quantitative estimate of drug-likeness (QED) is 0.826. The number of hydrogen-bond acceptors (Lipinski definition) is 4. The number of carbonyl (C=O) groups excluding carboxylic acids is 2. The molecule has 2 aromatic carbocycles. The summed E-state index contributed by atoms with van der Waals surface area (Å²) in [5.41, 5.74) is 0.921. The summed E-state index contributed by atoms with van der Waals surface area (Å²) in [5, 5.41) is 5.26. The third kappa shape index (κ3) is 3.47. The fourth-order valence-corrected chi connectivity index (χ4v) is 5.57. The largest absolute Gasteiger partial charge is 0.355 e. The lowest BCUT2D eigenvalue weighted by molar-refractivity contribution is -0.118. The van der Waals surface area contributed by atoms with Crippen LogP contribution in [0.5, 0.6) is 0 Å². The fourth-order valence-electron chi connectivity index (χ4n) is 3.48. The molecule has 0 aliphatic heterocycles. The molecule has 27 heavy (non-hydrogen) atoms. The molecule has 0 bridgehead atoms. The molecule has 3 rings (SSSR count). The molecular formula is C20H22N2O4S. The highest BCUT2D eigenvalue weighted by Gasteiger charge is 2.52. The highest BCUT2D eigenvalue weighted by molar-refractivity contribution is 7.93. The molecule has 1 aliphatic carbocycles. The molecule has 0 aromatic heterocycles. The first-order chi connectivity index (χ1) is 12.9. The molecule has 1 saturated carbocycles. The van der Waals surface area contributed by atoms with Crippen LogP contribution in [-0.4, -0.2) is 32.0 Å². The van der Waals surface area contributed by atoms with Crippen LogP contribution in [0.2, 0.25) is 0 Å². The van der Waals surface area contributed by atoms with E-state index in [9.17, 15) is 18.0 Å². The summed E-state index contributed by atoms with van der Waals surface area (Å²) in [4.78, 5) is 24.8. The predicted molar refractivity (Wildman–Crippen MR) is 103 cm³/mol. The molecule has 0 saturated heterocycles. The SMILES string of the molecule is CNC(=O)c1ccc(NC(=O)C2(S(=O)(=O)c3ccccc3)CCCC2)cc1. The Hall–Kier alpha value is -2.67. The zero-order chi connectivity index (χ0) is 19.5. The normalized spacial score (nSPS) is 15.9. The van der Waals surface area contributed by atoms with E-state index in [1.807, 2.05) is 0 Å². The van der Waals surface area contributed by atoms with Crippen LogP contribution in [0.3, 0.4) is 0 Å². The van der Waals surface area contributed by atoms with Crippen molar-refractivity contribution in [2.24, 2.45) is 0 Å². The van der Waals surface area contributed by atoms with Crippen LogP contribution in [0.15, 0.2) is 59.5 Å². The Labute approximate surface area is 158 Å². The van der Waals surface area contributed by atoms with Crippen molar-refractivity contribution >= 4 is 27.3 Å². The highest BCUT2D eigenvalue weighted by Crippen LogP contribution is 2.41. The minimum atomic E-state index is -3.82. The molecule has 0 heterocycles. The molecule has 0 atom stereocenters. The van der Waals surface area contributed by atoms with E-state index in [4.69, 9.17) is 0 Å². The van der Waals surface area contributed by atoms with Crippen molar-refractivity contribution in [2.75, 3.05) is 12.4 Å². The number of carbonyl (C=O) groups is 2. The first-order valence-electron chi connectivity index (χ1n) is 8.84. The van der Waals surface area contributed by atoms with Gasteiger partial charge in [-0.2, -0.15) is 0 Å². The number of benzene rings is 2. The molecule has 1 aliphatic rings. The number of anilines is 1. The smallest absolute Gasteiger partial charge is 0.251 e. The monoisotopic (exact) mass is 386 g/mol. The van der Waals surface area contributed by atoms with Gasteiger partial charge in [0.15, 0.2) is 14.6 Å². The van der Waals surface area contributed by atoms with Crippen LogP contribution in [0, 0.1) is 0 Å². The average molecular weight is 386 g/mol. The topological polar surface area (TPSA) is 92.3 Å². The van der Waals surface area contributed by atoms with Gasteiger partial charge in [-0.25, -0.2) is 8.42 Å². The van der Waals surface area contributed by atoms with Gasteiger partial charge in [0, 0.05) is 18.3 Å². The van der Waals surface area contributed by atoms with E-state index in [1.165, 1.54) is 19.2 Å². The van der Waals surface area contributed by atoms with Gasteiger partial charge in [0.05, 0.1) is 4.90 Å². The second-order valence-corrected chi connectivity index (χ2v) is 8.89. The fraction of sp³-hybridized carbons (Fsp3) is 0.300. The molecular weight excluding hydrogens is 364 g/mol. The van der Waals surface area contributed by atoms with Gasteiger partial charge < -0.3 is 10.6 Å². The Morgan fingerprint density at radius 2 is 1.52 bits per heavy atom. The minimum absolute atomic E-state index is 0.164. The molecule has 2 aromatic rings. The Kier molecular flexibility index (Phi) is 5.32. The number of nitrogens with one attached hydrogen (secondary N) is 2. The molecule has 0 unspecified atom stereocenters. The zero-order valence-electron chi connectivity index (χ0n) is 15.1. The second-order valence-electron chi connectivity index (χ2n) is 6.63. The van der Waals surface area contributed by atoms with Gasteiger partial charge in [-0.05, 0) is 49.2 Å². The van der Waals surface area contributed by atoms with Crippen LogP contribution >= 0.6 is 0 Å². The van der Waals surface area contributed by atoms with Gasteiger partial charge in [0.25, 0.3) is 5.91 Å². The van der Waals surface area contributed by atoms with Crippen LogP contribution in [-0.2, 0) is 14.6 Å². The molecule has 0 radical (unpaired) electrons. The van der Waals surface area contributed by atoms with Crippen LogP contribution in [0.25, 0.3) is 0 Å². The molecule has 2 N–H and O–H groups in total. The third-order valence-corrected chi connectivity index (χ3v) is 7.54. The first kappa shape index (κ1) is 19.1. The van der Waals surface area contributed by atoms with Gasteiger partial charge in [0.1, 0.15) is 0 Å². The predicted octanol–water partition coefficient (Wildman–Crippen LogP) is 2.77. The van der Waals surface area contributed by atoms with Gasteiger partial charge in [-0.15, -0.1) is 0 Å². The summed E-state index contributed by atoms with van der Waals surface area (Å²) in [6.07, 6.45) is 1.98. The van der Waals surface area contributed by atoms with E-state index in [2.05, 4.69) is 10.6 Å². The van der Waals surface area contributed by atoms with E-state index >= 15 is 0 Å². The molecule has 2 amide bonds. The molecule has 7 heteroatoms. The maximum atomic E-state index is 13.3. The minimum Gasteiger partial charge on any atom is -0.355 e. The Bertz CT molecular complexity index is 932. The lowest BCUT2D eigenvalue weighted by Gasteiger charge is -2.27. The van der Waals surface area contributed by atoms with E-state index in [0.29, 0.717) is 36.9 Å². The summed E-state index contributed by atoms with van der Waals surface area (Å²) in [6, 6.07) is 14.5.